The van der Waals surface area contributed by atoms with Crippen LogP contribution in [-0.2, 0) is 5.54 Å². The van der Waals surface area contributed by atoms with Crippen LogP contribution in [0.3, 0.4) is 0 Å². The van der Waals surface area contributed by atoms with Crippen molar-refractivity contribution < 1.29 is 14.3 Å². The number of hydrogen-bond acceptors (Lipinski definition) is 6. The first kappa shape index (κ1) is 20.7. The highest BCUT2D eigenvalue weighted by Crippen LogP contribution is 2.54. The van der Waals surface area contributed by atoms with Gasteiger partial charge in [0.2, 0.25) is 0 Å². The van der Waals surface area contributed by atoms with Crippen LogP contribution in [0.2, 0.25) is 0 Å². The number of carbonyl (C=O) groups excluding carboxylic acids is 1. The van der Waals surface area contributed by atoms with Crippen molar-refractivity contribution in [3.05, 3.63) is 58.1 Å². The first-order valence-electron chi connectivity index (χ1n) is 10.4. The molecule has 1 fully saturated rings. The molecule has 0 bridgehead atoms. The maximum atomic E-state index is 12.9. The van der Waals surface area contributed by atoms with Crippen LogP contribution in [0.4, 0.5) is 0 Å². The molecular weight excluding hydrogens is 478 g/mol. The first-order valence-corrected chi connectivity index (χ1v) is 12.2. The molecule has 2 heterocycles. The molecule has 1 saturated carbocycles. The average Bonchev–Trinajstić information content (AvgIpc) is 3.17. The molecule has 1 aliphatic carbocycles. The number of hydrogen-bond donors (Lipinski definition) is 2. The van der Waals surface area contributed by atoms with Crippen molar-refractivity contribution in [2.24, 2.45) is 16.6 Å². The summed E-state index contributed by atoms with van der Waals surface area (Å²) >= 11 is 5.20. The average molecular weight is 502 g/mol. The van der Waals surface area contributed by atoms with Gasteiger partial charge in [-0.15, -0.1) is 0 Å². The van der Waals surface area contributed by atoms with Crippen molar-refractivity contribution in [1.82, 2.24) is 5.32 Å². The number of nitrogens with zero attached hydrogens (tertiary/aromatic N) is 1. The number of amidine groups is 1. The van der Waals surface area contributed by atoms with E-state index in [0.717, 1.165) is 40.8 Å². The van der Waals surface area contributed by atoms with Gasteiger partial charge < -0.3 is 20.5 Å². The topological polar surface area (TPSA) is 85.9 Å². The van der Waals surface area contributed by atoms with Crippen LogP contribution >= 0.6 is 27.7 Å². The van der Waals surface area contributed by atoms with Crippen molar-refractivity contribution in [2.75, 3.05) is 12.9 Å². The Kier molecular flexibility index (Phi) is 5.38. The fourth-order valence-electron chi connectivity index (χ4n) is 5.03. The summed E-state index contributed by atoms with van der Waals surface area (Å²) < 4.78 is 12.7. The molecule has 0 saturated heterocycles. The van der Waals surface area contributed by atoms with E-state index < -0.39 is 5.54 Å². The molecule has 8 heteroatoms. The number of carbonyl (C=O) groups is 1. The van der Waals surface area contributed by atoms with Gasteiger partial charge in [-0.1, -0.05) is 33.8 Å². The maximum absolute atomic E-state index is 12.9. The molecular formula is C23H24BrN3O3S. The Morgan fingerprint density at radius 2 is 2.19 bits per heavy atom. The number of halogens is 1. The molecule has 31 heavy (non-hydrogen) atoms. The van der Waals surface area contributed by atoms with Crippen LogP contribution < -0.4 is 20.5 Å². The van der Waals surface area contributed by atoms with Gasteiger partial charge in [-0.25, -0.2) is 4.99 Å². The van der Waals surface area contributed by atoms with Gasteiger partial charge >= 0.3 is 0 Å². The van der Waals surface area contributed by atoms with E-state index in [-0.39, 0.29) is 24.0 Å². The molecule has 6 nitrogen and oxygen atoms in total. The van der Waals surface area contributed by atoms with E-state index in [9.17, 15) is 4.79 Å². The number of rotatable bonds is 3. The van der Waals surface area contributed by atoms with Crippen LogP contribution in [-0.4, -0.2) is 36.1 Å². The van der Waals surface area contributed by atoms with Gasteiger partial charge in [0.15, 0.2) is 5.17 Å². The highest BCUT2D eigenvalue weighted by atomic mass is 79.9. The van der Waals surface area contributed by atoms with Gasteiger partial charge in [-0.05, 0) is 55.7 Å². The Bertz CT molecular complexity index is 1060. The summed E-state index contributed by atoms with van der Waals surface area (Å²) in [5.74, 6) is 2.42. The maximum Gasteiger partial charge on any atom is 0.251 e. The van der Waals surface area contributed by atoms with Crippen LogP contribution in [0.5, 0.6) is 11.5 Å². The third-order valence-electron chi connectivity index (χ3n) is 6.50. The summed E-state index contributed by atoms with van der Waals surface area (Å²) in [7, 11) is 1.60. The number of nitrogens with one attached hydrogen (secondary N) is 1. The summed E-state index contributed by atoms with van der Waals surface area (Å²) in [6.45, 7) is 0. The number of nitrogens with two attached hydrogens (primary N) is 1. The van der Waals surface area contributed by atoms with Gasteiger partial charge in [-0.2, -0.15) is 0 Å². The second kappa shape index (κ2) is 8.06. The predicted octanol–water partition coefficient (Wildman–Crippen LogP) is 4.07. The Balaban J connectivity index is 1.42. The highest BCUT2D eigenvalue weighted by Gasteiger charge is 2.54. The van der Waals surface area contributed by atoms with Crippen molar-refractivity contribution in [1.29, 1.82) is 0 Å². The second-order valence-corrected chi connectivity index (χ2v) is 10.2. The number of ether oxygens (including phenoxy) is 2. The third kappa shape index (κ3) is 3.69. The summed E-state index contributed by atoms with van der Waals surface area (Å²) in [4.78, 5) is 17.9. The molecule has 2 aliphatic heterocycles. The molecule has 2 aromatic rings. The van der Waals surface area contributed by atoms with Crippen LogP contribution in [0.25, 0.3) is 0 Å². The SMILES string of the molecule is COc1cccc(C(=O)N[C@H]2CC[C@@H]3Oc4ccc(Br)cc4C4(CSC(N)=N4)[C@H]3C2)c1. The smallest absolute Gasteiger partial charge is 0.251 e. The minimum absolute atomic E-state index is 0.0520. The molecule has 0 radical (unpaired) electrons. The lowest BCUT2D eigenvalue weighted by Gasteiger charge is -2.48. The quantitative estimate of drug-likeness (QED) is 0.661. The molecule has 1 amide bonds. The largest absolute Gasteiger partial charge is 0.497 e. The summed E-state index contributed by atoms with van der Waals surface area (Å²) in [5, 5.41) is 3.85. The lowest BCUT2D eigenvalue weighted by Crippen LogP contribution is -2.54. The number of benzene rings is 2. The van der Waals surface area contributed by atoms with E-state index >= 15 is 0 Å². The number of thioether (sulfide) groups is 1. The third-order valence-corrected chi connectivity index (χ3v) is 7.97. The highest BCUT2D eigenvalue weighted by molar-refractivity contribution is 9.10. The zero-order chi connectivity index (χ0) is 21.6. The molecule has 1 unspecified atom stereocenters. The Hall–Kier alpha value is -2.19. The molecule has 5 rings (SSSR count). The summed E-state index contributed by atoms with van der Waals surface area (Å²) in [6, 6.07) is 13.4. The number of methoxy groups -OCH3 is 1. The molecule has 3 aliphatic rings. The minimum Gasteiger partial charge on any atom is -0.497 e. The van der Waals surface area contributed by atoms with Crippen LogP contribution in [0.1, 0.15) is 35.2 Å². The fraction of sp³-hybridized carbons (Fsp3) is 0.391. The second-order valence-electron chi connectivity index (χ2n) is 8.28. The zero-order valence-corrected chi connectivity index (χ0v) is 19.5. The normalized spacial score (nSPS) is 28.8. The lowest BCUT2D eigenvalue weighted by atomic mass is 9.67. The van der Waals surface area contributed by atoms with E-state index in [4.69, 9.17) is 20.2 Å². The van der Waals surface area contributed by atoms with Gasteiger partial charge in [0.1, 0.15) is 23.1 Å². The Morgan fingerprint density at radius 1 is 1.32 bits per heavy atom. The van der Waals surface area contributed by atoms with E-state index in [1.807, 2.05) is 24.3 Å². The van der Waals surface area contributed by atoms with E-state index in [1.54, 1.807) is 31.0 Å². The van der Waals surface area contributed by atoms with Crippen molar-refractivity contribution in [3.8, 4) is 11.5 Å². The molecule has 1 spiro atoms. The van der Waals surface area contributed by atoms with E-state index in [0.29, 0.717) is 16.5 Å². The van der Waals surface area contributed by atoms with Gasteiger partial charge in [0, 0.05) is 33.3 Å². The van der Waals surface area contributed by atoms with Crippen molar-refractivity contribution >= 4 is 38.8 Å². The van der Waals surface area contributed by atoms with Crippen molar-refractivity contribution in [3.63, 3.8) is 0 Å². The lowest BCUT2D eigenvalue weighted by molar-refractivity contribution is 0.0155. The van der Waals surface area contributed by atoms with Crippen molar-refractivity contribution in [2.45, 2.75) is 36.9 Å². The monoisotopic (exact) mass is 501 g/mol. The molecule has 162 valence electrons. The fourth-order valence-corrected chi connectivity index (χ4v) is 6.42. The Morgan fingerprint density at radius 3 is 2.97 bits per heavy atom. The number of amides is 1. The summed E-state index contributed by atoms with van der Waals surface area (Å²) in [6.07, 6.45) is 2.59. The van der Waals surface area contributed by atoms with E-state index in [2.05, 4.69) is 27.3 Å². The number of fused-ring (bicyclic) bond motifs is 4. The summed E-state index contributed by atoms with van der Waals surface area (Å²) in [5.41, 5.74) is 7.41. The molecule has 0 aromatic heterocycles. The molecule has 2 aromatic carbocycles. The van der Waals surface area contributed by atoms with Gasteiger partial charge in [0.05, 0.1) is 7.11 Å². The predicted molar refractivity (Wildman–Crippen MR) is 126 cm³/mol. The minimum atomic E-state index is -0.420. The zero-order valence-electron chi connectivity index (χ0n) is 17.1. The standard InChI is InChI=1S/C23H24BrN3O3S/c1-29-16-4-2-3-13(9-16)21(28)26-15-6-8-20-18(11-15)23(12-31-22(25)27-23)17-10-14(24)5-7-19(17)30-20/h2-5,7,9-10,15,18,20H,6,8,11-12H2,1H3,(H2,25,27)(H,26,28)/t15-,18-,20-,23?/m0/s1. The number of aliphatic imine (C=N–C) groups is 1. The van der Waals surface area contributed by atoms with E-state index in [1.165, 1.54) is 0 Å². The molecule has 3 N–H and O–H groups in total. The van der Waals surface area contributed by atoms with Gasteiger partial charge in [0.25, 0.3) is 5.91 Å². The van der Waals surface area contributed by atoms with Crippen LogP contribution in [0.15, 0.2) is 51.9 Å². The first-order chi connectivity index (χ1) is 15.0. The van der Waals surface area contributed by atoms with Crippen LogP contribution in [0, 0.1) is 5.92 Å². The molecule has 4 atom stereocenters. The Labute approximate surface area is 194 Å². The van der Waals surface area contributed by atoms with Gasteiger partial charge in [-0.3, -0.25) is 4.79 Å².